The first-order valence-corrected chi connectivity index (χ1v) is 11.1. The Hall–Kier alpha value is -2.48. The van der Waals surface area contributed by atoms with Crippen LogP contribution in [0.25, 0.3) is 10.2 Å². The predicted molar refractivity (Wildman–Crippen MR) is 119 cm³/mol. The first-order valence-electron chi connectivity index (χ1n) is 10.3. The summed E-state index contributed by atoms with van der Waals surface area (Å²) < 4.78 is 12.0. The third-order valence-corrected chi connectivity index (χ3v) is 6.48. The number of carbonyl (C=O) groups is 1. The molecular weight excluding hydrogens is 398 g/mol. The van der Waals surface area contributed by atoms with Crippen LogP contribution in [-0.2, 0) is 16.0 Å². The molecule has 2 aromatic carbocycles. The highest BCUT2D eigenvalue weighted by Crippen LogP contribution is 2.24. The molecule has 7 heteroatoms. The van der Waals surface area contributed by atoms with Gasteiger partial charge in [0.05, 0.1) is 41.6 Å². The highest BCUT2D eigenvalue weighted by atomic mass is 32.1. The fourth-order valence-corrected chi connectivity index (χ4v) is 4.69. The number of hydrogen-bond donors (Lipinski definition) is 1. The lowest BCUT2D eigenvalue weighted by atomic mass is 10.0. The SMILES string of the molecule is COc1ccc([C@H](CNC(=O)CCc2nc3ccccc3s2)N2CCOCC2)cc1. The number of nitrogens with zero attached hydrogens (tertiary/aromatic N) is 2. The Morgan fingerprint density at radius 1 is 1.20 bits per heavy atom. The molecule has 1 N–H and O–H groups in total. The molecule has 1 saturated heterocycles. The Bertz CT molecular complexity index is 934. The number of fused-ring (bicyclic) bond motifs is 1. The van der Waals surface area contributed by atoms with Gasteiger partial charge in [-0.3, -0.25) is 9.69 Å². The van der Waals surface area contributed by atoms with E-state index in [1.165, 1.54) is 10.3 Å². The first kappa shape index (κ1) is 20.8. The zero-order chi connectivity index (χ0) is 20.8. The van der Waals surface area contributed by atoms with Crippen LogP contribution in [-0.4, -0.2) is 55.7 Å². The van der Waals surface area contributed by atoms with E-state index in [9.17, 15) is 4.79 Å². The van der Waals surface area contributed by atoms with Crippen LogP contribution in [0, 0.1) is 0 Å². The van der Waals surface area contributed by atoms with Crippen molar-refractivity contribution in [2.45, 2.75) is 18.9 Å². The Morgan fingerprint density at radius 3 is 2.70 bits per heavy atom. The second-order valence-electron chi connectivity index (χ2n) is 7.32. The van der Waals surface area contributed by atoms with Crippen molar-refractivity contribution in [3.63, 3.8) is 0 Å². The fraction of sp³-hybridized carbons (Fsp3) is 0.391. The average molecular weight is 426 g/mol. The number of morpholine rings is 1. The van der Waals surface area contributed by atoms with Crippen molar-refractivity contribution >= 4 is 27.5 Å². The molecule has 1 atom stereocenters. The topological polar surface area (TPSA) is 63.7 Å². The molecule has 0 unspecified atom stereocenters. The van der Waals surface area contributed by atoms with Gasteiger partial charge in [-0.05, 0) is 29.8 Å². The van der Waals surface area contributed by atoms with E-state index >= 15 is 0 Å². The minimum atomic E-state index is 0.0565. The van der Waals surface area contributed by atoms with Gasteiger partial charge in [-0.2, -0.15) is 0 Å². The van der Waals surface area contributed by atoms with Crippen molar-refractivity contribution in [1.29, 1.82) is 0 Å². The van der Waals surface area contributed by atoms with Gasteiger partial charge in [0.1, 0.15) is 5.75 Å². The minimum Gasteiger partial charge on any atom is -0.497 e. The van der Waals surface area contributed by atoms with E-state index in [2.05, 4.69) is 33.4 Å². The van der Waals surface area contributed by atoms with Crippen LogP contribution in [0.1, 0.15) is 23.0 Å². The Labute approximate surface area is 180 Å². The molecule has 0 saturated carbocycles. The van der Waals surface area contributed by atoms with Crippen LogP contribution < -0.4 is 10.1 Å². The van der Waals surface area contributed by atoms with Crippen LogP contribution in [0.2, 0.25) is 0 Å². The van der Waals surface area contributed by atoms with Gasteiger partial charge in [-0.1, -0.05) is 24.3 Å². The predicted octanol–water partition coefficient (Wildman–Crippen LogP) is 3.43. The highest BCUT2D eigenvalue weighted by Gasteiger charge is 2.23. The molecule has 158 valence electrons. The number of rotatable bonds is 8. The Balaban J connectivity index is 1.36. The minimum absolute atomic E-state index is 0.0565. The number of benzene rings is 2. The summed E-state index contributed by atoms with van der Waals surface area (Å²) in [4.78, 5) is 19.5. The van der Waals surface area contributed by atoms with Gasteiger partial charge in [0, 0.05) is 32.5 Å². The summed E-state index contributed by atoms with van der Waals surface area (Å²) in [5.41, 5.74) is 2.17. The van der Waals surface area contributed by atoms with E-state index in [0.717, 1.165) is 42.6 Å². The summed E-state index contributed by atoms with van der Waals surface area (Å²) in [7, 11) is 1.67. The second kappa shape index (κ2) is 10.0. The molecule has 1 amide bonds. The molecule has 4 rings (SSSR count). The van der Waals surface area contributed by atoms with Crippen LogP contribution in [0.15, 0.2) is 48.5 Å². The molecule has 0 aliphatic carbocycles. The third kappa shape index (κ3) is 5.16. The van der Waals surface area contributed by atoms with E-state index in [4.69, 9.17) is 9.47 Å². The number of para-hydroxylation sites is 1. The number of thiazole rings is 1. The van der Waals surface area contributed by atoms with Crippen molar-refractivity contribution in [2.24, 2.45) is 0 Å². The van der Waals surface area contributed by atoms with Crippen molar-refractivity contribution < 1.29 is 14.3 Å². The van der Waals surface area contributed by atoms with Crippen LogP contribution >= 0.6 is 11.3 Å². The number of aromatic nitrogens is 1. The van der Waals surface area contributed by atoms with Gasteiger partial charge in [-0.15, -0.1) is 11.3 Å². The molecule has 3 aromatic rings. The largest absolute Gasteiger partial charge is 0.497 e. The second-order valence-corrected chi connectivity index (χ2v) is 8.43. The van der Waals surface area contributed by atoms with Gasteiger partial charge < -0.3 is 14.8 Å². The molecule has 0 bridgehead atoms. The van der Waals surface area contributed by atoms with E-state index in [0.29, 0.717) is 19.4 Å². The monoisotopic (exact) mass is 425 g/mol. The van der Waals surface area contributed by atoms with Gasteiger partial charge in [0.25, 0.3) is 0 Å². The van der Waals surface area contributed by atoms with Gasteiger partial charge in [0.15, 0.2) is 0 Å². The van der Waals surface area contributed by atoms with Gasteiger partial charge in [0.2, 0.25) is 5.91 Å². The van der Waals surface area contributed by atoms with Crippen molar-refractivity contribution in [2.75, 3.05) is 40.0 Å². The number of hydrogen-bond acceptors (Lipinski definition) is 6. The van der Waals surface area contributed by atoms with Crippen molar-refractivity contribution in [1.82, 2.24) is 15.2 Å². The number of amides is 1. The molecule has 1 aliphatic heterocycles. The van der Waals surface area contributed by atoms with E-state index in [-0.39, 0.29) is 11.9 Å². The number of carbonyl (C=O) groups excluding carboxylic acids is 1. The Kier molecular flexibility index (Phi) is 6.94. The third-order valence-electron chi connectivity index (χ3n) is 5.38. The normalized spacial score (nSPS) is 15.8. The Morgan fingerprint density at radius 2 is 1.97 bits per heavy atom. The van der Waals surface area contributed by atoms with E-state index in [1.54, 1.807) is 18.4 Å². The molecule has 1 aliphatic rings. The molecule has 0 radical (unpaired) electrons. The zero-order valence-corrected chi connectivity index (χ0v) is 18.0. The summed E-state index contributed by atoms with van der Waals surface area (Å²) in [5.74, 6) is 0.889. The zero-order valence-electron chi connectivity index (χ0n) is 17.2. The number of nitrogens with one attached hydrogen (secondary N) is 1. The van der Waals surface area contributed by atoms with Gasteiger partial charge >= 0.3 is 0 Å². The van der Waals surface area contributed by atoms with Crippen LogP contribution in [0.4, 0.5) is 0 Å². The maximum atomic E-state index is 12.6. The molecule has 1 aromatic heterocycles. The van der Waals surface area contributed by atoms with Crippen molar-refractivity contribution in [3.8, 4) is 5.75 Å². The molecular formula is C23H27N3O3S. The van der Waals surface area contributed by atoms with Crippen LogP contribution in [0.5, 0.6) is 5.75 Å². The fourth-order valence-electron chi connectivity index (χ4n) is 3.72. The summed E-state index contributed by atoms with van der Waals surface area (Å²) in [6, 6.07) is 16.3. The van der Waals surface area contributed by atoms with Crippen LogP contribution in [0.3, 0.4) is 0 Å². The molecule has 2 heterocycles. The average Bonchev–Trinajstić information content (AvgIpc) is 3.22. The van der Waals surface area contributed by atoms with Gasteiger partial charge in [-0.25, -0.2) is 4.98 Å². The number of methoxy groups -OCH3 is 1. The maximum absolute atomic E-state index is 12.6. The number of aryl methyl sites for hydroxylation is 1. The lowest BCUT2D eigenvalue weighted by Gasteiger charge is -2.35. The lowest BCUT2D eigenvalue weighted by molar-refractivity contribution is -0.121. The van der Waals surface area contributed by atoms with Crippen molar-refractivity contribution in [3.05, 3.63) is 59.1 Å². The molecule has 30 heavy (non-hydrogen) atoms. The van der Waals surface area contributed by atoms with E-state index < -0.39 is 0 Å². The maximum Gasteiger partial charge on any atom is 0.220 e. The first-order chi connectivity index (χ1) is 14.7. The smallest absolute Gasteiger partial charge is 0.220 e. The summed E-state index contributed by atoms with van der Waals surface area (Å²) in [6.45, 7) is 3.73. The lowest BCUT2D eigenvalue weighted by Crippen LogP contribution is -2.43. The summed E-state index contributed by atoms with van der Waals surface area (Å²) in [5, 5.41) is 4.14. The summed E-state index contributed by atoms with van der Waals surface area (Å²) in [6.07, 6.45) is 1.11. The quantitative estimate of drug-likeness (QED) is 0.599. The standard InChI is InChI=1S/C23H27N3O3S/c1-28-18-8-6-17(7-9-18)20(26-12-14-29-15-13-26)16-24-22(27)10-11-23-25-19-4-2-3-5-21(19)30-23/h2-9,20H,10-16H2,1H3,(H,24,27)/t20-/m0/s1. The van der Waals surface area contributed by atoms with E-state index in [1.807, 2.05) is 30.3 Å². The highest BCUT2D eigenvalue weighted by molar-refractivity contribution is 7.18. The number of ether oxygens (including phenoxy) is 2. The molecule has 6 nitrogen and oxygen atoms in total. The summed E-state index contributed by atoms with van der Waals surface area (Å²) >= 11 is 1.66. The molecule has 1 fully saturated rings. The molecule has 0 spiro atoms.